The summed E-state index contributed by atoms with van der Waals surface area (Å²) in [6.07, 6.45) is 4.85. The molecule has 2 bridgehead atoms. The van der Waals surface area contributed by atoms with Gasteiger partial charge in [-0.15, -0.1) is 0 Å². The first-order valence-electron chi connectivity index (χ1n) is 7.01. The van der Waals surface area contributed by atoms with Crippen molar-refractivity contribution < 1.29 is 9.84 Å². The largest absolute Gasteiger partial charge is 0.385 e. The van der Waals surface area contributed by atoms with Crippen LogP contribution in [-0.2, 0) is 10.3 Å². The van der Waals surface area contributed by atoms with Crippen molar-refractivity contribution in [2.24, 2.45) is 0 Å². The normalized spacial score (nSPS) is 34.0. The number of piperidine rings is 1. The van der Waals surface area contributed by atoms with Crippen LogP contribution in [-0.4, -0.2) is 66.4 Å². The third-order valence-electron chi connectivity index (χ3n) is 4.49. The molecule has 1 aromatic rings. The van der Waals surface area contributed by atoms with Gasteiger partial charge >= 0.3 is 0 Å². The summed E-state index contributed by atoms with van der Waals surface area (Å²) in [5.74, 6) is 0.661. The Balaban J connectivity index is 1.85. The number of aromatic nitrogens is 2. The molecule has 1 N–H and O–H groups in total. The lowest BCUT2D eigenvalue weighted by atomic mass is 9.78. The van der Waals surface area contributed by atoms with Crippen LogP contribution in [0.2, 0.25) is 0 Å². The predicted octanol–water partition coefficient (Wildman–Crippen LogP) is 0.223. The Morgan fingerprint density at radius 3 is 2.30 bits per heavy atom. The maximum absolute atomic E-state index is 11.0. The van der Waals surface area contributed by atoms with Crippen molar-refractivity contribution in [3.05, 3.63) is 18.0 Å². The first kappa shape index (κ1) is 13.7. The molecule has 2 aliphatic heterocycles. The van der Waals surface area contributed by atoms with Gasteiger partial charge in [-0.25, -0.2) is 9.97 Å². The standard InChI is InChI=1S/C14H22N4O2/c1-17(2)13-15-6-10(7-16-13)14(19)4-11-8-20-9-12(5-14)18(11)3/h6-7,11-12,19H,4-5,8-9H2,1-3H3. The van der Waals surface area contributed by atoms with Gasteiger partial charge in [0.25, 0.3) is 0 Å². The minimum atomic E-state index is -0.837. The second-order valence-electron chi connectivity index (χ2n) is 6.12. The van der Waals surface area contributed by atoms with Gasteiger partial charge in [-0.1, -0.05) is 0 Å². The van der Waals surface area contributed by atoms with Gasteiger partial charge in [0.05, 0.1) is 18.8 Å². The highest BCUT2D eigenvalue weighted by Crippen LogP contribution is 2.39. The third kappa shape index (κ3) is 2.28. The molecule has 2 saturated heterocycles. The number of ether oxygens (including phenoxy) is 1. The molecule has 0 aliphatic carbocycles. The summed E-state index contributed by atoms with van der Waals surface area (Å²) in [6.45, 7) is 1.37. The summed E-state index contributed by atoms with van der Waals surface area (Å²) < 4.78 is 5.60. The fourth-order valence-electron chi connectivity index (χ4n) is 3.17. The molecule has 2 fully saturated rings. The number of likely N-dealkylation sites (N-methyl/N-ethyl adjacent to an activating group) is 1. The molecule has 2 aliphatic rings. The molecule has 0 spiro atoms. The number of rotatable bonds is 2. The number of nitrogens with zero attached hydrogens (tertiary/aromatic N) is 4. The molecule has 20 heavy (non-hydrogen) atoms. The molecule has 3 rings (SSSR count). The molecule has 6 nitrogen and oxygen atoms in total. The zero-order chi connectivity index (χ0) is 14.3. The third-order valence-corrected chi connectivity index (χ3v) is 4.49. The molecule has 2 unspecified atom stereocenters. The van der Waals surface area contributed by atoms with Crippen molar-refractivity contribution in [2.45, 2.75) is 30.5 Å². The predicted molar refractivity (Wildman–Crippen MR) is 75.6 cm³/mol. The van der Waals surface area contributed by atoms with Gasteiger partial charge in [0.2, 0.25) is 5.95 Å². The summed E-state index contributed by atoms with van der Waals surface area (Å²) in [4.78, 5) is 12.8. The van der Waals surface area contributed by atoms with Crippen LogP contribution in [0.3, 0.4) is 0 Å². The van der Waals surface area contributed by atoms with Gasteiger partial charge < -0.3 is 14.7 Å². The van der Waals surface area contributed by atoms with E-state index in [2.05, 4.69) is 21.9 Å². The molecule has 110 valence electrons. The fraction of sp³-hybridized carbons (Fsp3) is 0.714. The number of morpholine rings is 1. The van der Waals surface area contributed by atoms with Crippen molar-refractivity contribution >= 4 is 5.95 Å². The molecule has 1 aromatic heterocycles. The first-order valence-corrected chi connectivity index (χ1v) is 7.01. The number of hydrogen-bond donors (Lipinski definition) is 1. The van der Waals surface area contributed by atoms with E-state index >= 15 is 0 Å². The van der Waals surface area contributed by atoms with Crippen LogP contribution >= 0.6 is 0 Å². The van der Waals surface area contributed by atoms with Gasteiger partial charge in [-0.05, 0) is 19.9 Å². The van der Waals surface area contributed by atoms with Crippen molar-refractivity contribution in [1.82, 2.24) is 14.9 Å². The molecule has 0 radical (unpaired) electrons. The molecule has 0 saturated carbocycles. The average molecular weight is 278 g/mol. The molecule has 3 heterocycles. The second-order valence-corrected chi connectivity index (χ2v) is 6.12. The monoisotopic (exact) mass is 278 g/mol. The number of fused-ring (bicyclic) bond motifs is 2. The first-order chi connectivity index (χ1) is 9.49. The van der Waals surface area contributed by atoms with Crippen molar-refractivity contribution in [2.75, 3.05) is 39.3 Å². The summed E-state index contributed by atoms with van der Waals surface area (Å²) >= 11 is 0. The van der Waals surface area contributed by atoms with E-state index in [4.69, 9.17) is 4.74 Å². The van der Waals surface area contributed by atoms with E-state index in [-0.39, 0.29) is 12.1 Å². The Bertz CT molecular complexity index is 463. The van der Waals surface area contributed by atoms with Crippen LogP contribution < -0.4 is 4.90 Å². The van der Waals surface area contributed by atoms with Gasteiger partial charge in [-0.3, -0.25) is 4.90 Å². The quantitative estimate of drug-likeness (QED) is 0.835. The van der Waals surface area contributed by atoms with Crippen LogP contribution in [0.15, 0.2) is 12.4 Å². The van der Waals surface area contributed by atoms with Crippen LogP contribution in [0.1, 0.15) is 18.4 Å². The maximum Gasteiger partial charge on any atom is 0.224 e. The molecular formula is C14H22N4O2. The molecular weight excluding hydrogens is 256 g/mol. The lowest BCUT2D eigenvalue weighted by Crippen LogP contribution is -2.59. The molecule has 0 amide bonds. The van der Waals surface area contributed by atoms with Crippen LogP contribution in [0.25, 0.3) is 0 Å². The van der Waals surface area contributed by atoms with E-state index in [1.165, 1.54) is 0 Å². The zero-order valence-corrected chi connectivity index (χ0v) is 12.3. The Labute approximate surface area is 119 Å². The zero-order valence-electron chi connectivity index (χ0n) is 12.3. The van der Waals surface area contributed by atoms with E-state index in [0.717, 1.165) is 5.56 Å². The van der Waals surface area contributed by atoms with Gasteiger partial charge in [0.15, 0.2) is 0 Å². The van der Waals surface area contributed by atoms with E-state index in [1.807, 2.05) is 19.0 Å². The minimum Gasteiger partial charge on any atom is -0.385 e. The van der Waals surface area contributed by atoms with E-state index in [1.54, 1.807) is 12.4 Å². The van der Waals surface area contributed by atoms with Crippen molar-refractivity contribution in [3.8, 4) is 0 Å². The molecule has 6 heteroatoms. The maximum atomic E-state index is 11.0. The highest BCUT2D eigenvalue weighted by atomic mass is 16.5. The SMILES string of the molecule is CN(C)c1ncc(C2(O)CC3COCC(C2)N3C)cn1. The summed E-state index contributed by atoms with van der Waals surface area (Å²) in [5, 5.41) is 11.0. The minimum absolute atomic E-state index is 0.265. The van der Waals surface area contributed by atoms with Gasteiger partial charge in [0, 0.05) is 44.1 Å². The lowest BCUT2D eigenvalue weighted by Gasteiger charge is -2.50. The Morgan fingerprint density at radius 2 is 1.80 bits per heavy atom. The second kappa shape index (κ2) is 4.95. The van der Waals surface area contributed by atoms with E-state index in [9.17, 15) is 5.11 Å². The molecule has 2 atom stereocenters. The molecule has 0 aromatic carbocycles. The summed E-state index contributed by atoms with van der Waals surface area (Å²) in [7, 11) is 5.92. The van der Waals surface area contributed by atoms with Crippen LogP contribution in [0, 0.1) is 0 Å². The van der Waals surface area contributed by atoms with Gasteiger partial charge in [0.1, 0.15) is 0 Å². The number of hydrogen-bond acceptors (Lipinski definition) is 6. The van der Waals surface area contributed by atoms with Crippen LogP contribution in [0.4, 0.5) is 5.95 Å². The highest BCUT2D eigenvalue weighted by molar-refractivity contribution is 5.29. The van der Waals surface area contributed by atoms with Gasteiger partial charge in [-0.2, -0.15) is 0 Å². The fourth-order valence-corrected chi connectivity index (χ4v) is 3.17. The topological polar surface area (TPSA) is 61.7 Å². The van der Waals surface area contributed by atoms with Crippen molar-refractivity contribution in [1.29, 1.82) is 0 Å². The van der Waals surface area contributed by atoms with Crippen LogP contribution in [0.5, 0.6) is 0 Å². The number of anilines is 1. The summed E-state index contributed by atoms with van der Waals surface area (Å²) in [5.41, 5.74) is -0.0238. The Kier molecular flexibility index (Phi) is 3.40. The Morgan fingerprint density at radius 1 is 1.25 bits per heavy atom. The smallest absolute Gasteiger partial charge is 0.224 e. The van der Waals surface area contributed by atoms with E-state index in [0.29, 0.717) is 32.0 Å². The average Bonchev–Trinajstić information content (AvgIpc) is 2.41. The van der Waals surface area contributed by atoms with Crippen molar-refractivity contribution in [3.63, 3.8) is 0 Å². The number of aliphatic hydroxyl groups is 1. The summed E-state index contributed by atoms with van der Waals surface area (Å²) in [6, 6.07) is 0.530. The Hall–Kier alpha value is -1.24. The highest BCUT2D eigenvalue weighted by Gasteiger charge is 2.45. The lowest BCUT2D eigenvalue weighted by molar-refractivity contribution is -0.138. The van der Waals surface area contributed by atoms with E-state index < -0.39 is 5.60 Å².